The number of urea groups is 1. The number of aromatic nitrogens is 1. The molecule has 2 aromatic carbocycles. The molecule has 0 saturated heterocycles. The highest BCUT2D eigenvalue weighted by molar-refractivity contribution is 6.04. The predicted octanol–water partition coefficient (Wildman–Crippen LogP) is 3.73. The number of benzene rings is 2. The number of rotatable bonds is 4. The molecule has 0 radical (unpaired) electrons. The van der Waals surface area contributed by atoms with Crippen LogP contribution in [0, 0.1) is 0 Å². The van der Waals surface area contributed by atoms with Crippen molar-refractivity contribution in [3.05, 3.63) is 90.3 Å². The maximum atomic E-state index is 12.9. The maximum Gasteiger partial charge on any atom is 0.322 e. The van der Waals surface area contributed by atoms with Crippen LogP contribution in [0.4, 0.5) is 16.2 Å². The molecule has 3 aromatic rings. The third-order valence-corrected chi connectivity index (χ3v) is 4.91. The van der Waals surface area contributed by atoms with E-state index in [9.17, 15) is 9.59 Å². The van der Waals surface area contributed by atoms with E-state index in [1.165, 1.54) is 0 Å². The molecule has 146 valence electrons. The Balaban J connectivity index is 1.58. The van der Waals surface area contributed by atoms with Crippen LogP contribution in [-0.4, -0.2) is 23.5 Å². The SMILES string of the molecule is O=C1CCN(C(=O)NCc2cccnc2)c2ccccc2N1Cc1ccccc1. The fourth-order valence-electron chi connectivity index (χ4n) is 3.44. The molecule has 0 bridgehead atoms. The van der Waals surface area contributed by atoms with Crippen molar-refractivity contribution in [1.82, 2.24) is 10.3 Å². The highest BCUT2D eigenvalue weighted by Gasteiger charge is 2.29. The highest BCUT2D eigenvalue weighted by Crippen LogP contribution is 2.33. The smallest absolute Gasteiger partial charge is 0.322 e. The minimum absolute atomic E-state index is 0.00358. The molecule has 0 unspecified atom stereocenters. The number of hydrogen-bond acceptors (Lipinski definition) is 3. The Morgan fingerprint density at radius 1 is 0.931 bits per heavy atom. The van der Waals surface area contributed by atoms with Gasteiger partial charge in [-0.05, 0) is 29.3 Å². The molecule has 0 aliphatic carbocycles. The normalized spacial score (nSPS) is 13.6. The van der Waals surface area contributed by atoms with Crippen LogP contribution in [0.2, 0.25) is 0 Å². The molecule has 2 heterocycles. The van der Waals surface area contributed by atoms with E-state index >= 15 is 0 Å². The molecule has 29 heavy (non-hydrogen) atoms. The zero-order chi connectivity index (χ0) is 20.1. The van der Waals surface area contributed by atoms with Gasteiger partial charge in [0.05, 0.1) is 17.9 Å². The summed E-state index contributed by atoms with van der Waals surface area (Å²) in [5.41, 5.74) is 3.45. The molecular formula is C23H22N4O2. The Labute approximate surface area is 169 Å². The van der Waals surface area contributed by atoms with Gasteiger partial charge in [-0.2, -0.15) is 0 Å². The first-order valence-electron chi connectivity index (χ1n) is 9.60. The first-order chi connectivity index (χ1) is 14.2. The van der Waals surface area contributed by atoms with Crippen molar-refractivity contribution < 1.29 is 9.59 Å². The molecule has 0 atom stereocenters. The summed E-state index contributed by atoms with van der Waals surface area (Å²) in [7, 11) is 0. The first kappa shape index (κ1) is 18.7. The zero-order valence-electron chi connectivity index (χ0n) is 16.0. The number of para-hydroxylation sites is 2. The summed E-state index contributed by atoms with van der Waals surface area (Å²) < 4.78 is 0. The predicted molar refractivity (Wildman–Crippen MR) is 113 cm³/mol. The van der Waals surface area contributed by atoms with Gasteiger partial charge in [0.1, 0.15) is 0 Å². The summed E-state index contributed by atoms with van der Waals surface area (Å²) in [6, 6.07) is 20.9. The number of nitrogens with one attached hydrogen (secondary N) is 1. The molecule has 0 fully saturated rings. The fourth-order valence-corrected chi connectivity index (χ4v) is 3.44. The Kier molecular flexibility index (Phi) is 5.52. The van der Waals surface area contributed by atoms with E-state index in [4.69, 9.17) is 0 Å². The second-order valence-electron chi connectivity index (χ2n) is 6.88. The van der Waals surface area contributed by atoms with E-state index in [0.29, 0.717) is 19.6 Å². The van der Waals surface area contributed by atoms with Crippen LogP contribution < -0.4 is 15.1 Å². The molecule has 6 nitrogen and oxygen atoms in total. The molecule has 1 N–H and O–H groups in total. The van der Waals surface area contributed by atoms with Crippen molar-refractivity contribution in [2.24, 2.45) is 0 Å². The van der Waals surface area contributed by atoms with Crippen LogP contribution in [0.5, 0.6) is 0 Å². The second-order valence-corrected chi connectivity index (χ2v) is 6.88. The van der Waals surface area contributed by atoms with Gasteiger partial charge < -0.3 is 10.2 Å². The van der Waals surface area contributed by atoms with Crippen molar-refractivity contribution in [1.29, 1.82) is 0 Å². The average molecular weight is 386 g/mol. The van der Waals surface area contributed by atoms with Gasteiger partial charge in [0.25, 0.3) is 0 Å². The average Bonchev–Trinajstić information content (AvgIpc) is 2.91. The maximum absolute atomic E-state index is 12.9. The molecule has 0 saturated carbocycles. The molecular weight excluding hydrogens is 364 g/mol. The summed E-state index contributed by atoms with van der Waals surface area (Å²) in [5, 5.41) is 2.93. The monoisotopic (exact) mass is 386 g/mol. The number of pyridine rings is 1. The van der Waals surface area contributed by atoms with Gasteiger partial charge in [0.2, 0.25) is 5.91 Å². The minimum atomic E-state index is -0.226. The van der Waals surface area contributed by atoms with Crippen molar-refractivity contribution in [3.63, 3.8) is 0 Å². The van der Waals surface area contributed by atoms with Gasteiger partial charge in [0, 0.05) is 31.9 Å². The van der Waals surface area contributed by atoms with Gasteiger partial charge in [0.15, 0.2) is 0 Å². The lowest BCUT2D eigenvalue weighted by molar-refractivity contribution is -0.118. The third kappa shape index (κ3) is 4.27. The molecule has 1 aromatic heterocycles. The number of amides is 3. The summed E-state index contributed by atoms with van der Waals surface area (Å²) >= 11 is 0. The first-order valence-corrected chi connectivity index (χ1v) is 9.60. The number of carbonyl (C=O) groups is 2. The Bertz CT molecular complexity index is 992. The largest absolute Gasteiger partial charge is 0.334 e. The lowest BCUT2D eigenvalue weighted by Gasteiger charge is -2.25. The minimum Gasteiger partial charge on any atom is -0.334 e. The highest BCUT2D eigenvalue weighted by atomic mass is 16.2. The van der Waals surface area contributed by atoms with Gasteiger partial charge in [-0.15, -0.1) is 0 Å². The van der Waals surface area contributed by atoms with Crippen LogP contribution in [0.15, 0.2) is 79.1 Å². The van der Waals surface area contributed by atoms with Crippen molar-refractivity contribution in [3.8, 4) is 0 Å². The number of hydrogen-bond donors (Lipinski definition) is 1. The Morgan fingerprint density at radius 2 is 1.66 bits per heavy atom. The third-order valence-electron chi connectivity index (χ3n) is 4.91. The van der Waals surface area contributed by atoms with E-state index in [1.54, 1.807) is 22.2 Å². The van der Waals surface area contributed by atoms with Crippen molar-refractivity contribution in [2.75, 3.05) is 16.3 Å². The van der Waals surface area contributed by atoms with E-state index in [2.05, 4.69) is 10.3 Å². The van der Waals surface area contributed by atoms with Gasteiger partial charge in [-0.3, -0.25) is 14.7 Å². The van der Waals surface area contributed by atoms with E-state index < -0.39 is 0 Å². The van der Waals surface area contributed by atoms with Crippen molar-refractivity contribution in [2.45, 2.75) is 19.5 Å². The van der Waals surface area contributed by atoms with Crippen LogP contribution in [0.25, 0.3) is 0 Å². The molecule has 1 aliphatic heterocycles. The van der Waals surface area contributed by atoms with E-state index in [0.717, 1.165) is 22.5 Å². The number of carbonyl (C=O) groups excluding carboxylic acids is 2. The topological polar surface area (TPSA) is 65.5 Å². The number of nitrogens with zero attached hydrogens (tertiary/aromatic N) is 3. The number of fused-ring (bicyclic) bond motifs is 1. The van der Waals surface area contributed by atoms with Crippen molar-refractivity contribution >= 4 is 23.3 Å². The summed E-state index contributed by atoms with van der Waals surface area (Å²) in [6.07, 6.45) is 3.69. The summed E-state index contributed by atoms with van der Waals surface area (Å²) in [6.45, 7) is 1.19. The fraction of sp³-hybridized carbons (Fsp3) is 0.174. The molecule has 6 heteroatoms. The molecule has 4 rings (SSSR count). The van der Waals surface area contributed by atoms with Crippen LogP contribution in [0.1, 0.15) is 17.5 Å². The van der Waals surface area contributed by atoms with Crippen LogP contribution in [0.3, 0.4) is 0 Å². The molecule has 0 spiro atoms. The van der Waals surface area contributed by atoms with Gasteiger partial charge in [-0.25, -0.2) is 4.79 Å². The van der Waals surface area contributed by atoms with Crippen LogP contribution >= 0.6 is 0 Å². The van der Waals surface area contributed by atoms with Gasteiger partial charge >= 0.3 is 6.03 Å². The Morgan fingerprint density at radius 3 is 2.41 bits per heavy atom. The van der Waals surface area contributed by atoms with E-state index in [1.807, 2.05) is 66.7 Å². The van der Waals surface area contributed by atoms with E-state index in [-0.39, 0.29) is 18.4 Å². The van der Waals surface area contributed by atoms with Crippen LogP contribution in [-0.2, 0) is 17.9 Å². The zero-order valence-corrected chi connectivity index (χ0v) is 16.0. The lowest BCUT2D eigenvalue weighted by atomic mass is 10.1. The Hall–Kier alpha value is -3.67. The summed E-state index contributed by atoms with van der Waals surface area (Å²) in [5.74, 6) is 0.00358. The number of anilines is 2. The lowest BCUT2D eigenvalue weighted by Crippen LogP contribution is -2.40. The summed E-state index contributed by atoms with van der Waals surface area (Å²) in [4.78, 5) is 33.3. The molecule has 3 amide bonds. The quantitative estimate of drug-likeness (QED) is 0.743. The molecule has 1 aliphatic rings. The van der Waals surface area contributed by atoms with Gasteiger partial charge in [-0.1, -0.05) is 48.5 Å². The second kappa shape index (κ2) is 8.56. The standard InChI is InChI=1S/C23H22N4O2/c28-22-12-14-26(23(29)25-16-19-9-6-13-24-15-19)20-10-4-5-11-21(20)27(22)17-18-7-2-1-3-8-18/h1-11,13,15H,12,14,16-17H2,(H,25,29).